The maximum Gasteiger partial charge on any atom is 0.355 e. The Balaban J connectivity index is 2.21. The fourth-order valence-corrected chi connectivity index (χ4v) is 1.98. The van der Waals surface area contributed by atoms with Gasteiger partial charge in [0.25, 0.3) is 0 Å². The van der Waals surface area contributed by atoms with Crippen LogP contribution in [0.15, 0.2) is 22.9 Å². The van der Waals surface area contributed by atoms with Crippen molar-refractivity contribution in [2.75, 3.05) is 19.8 Å². The van der Waals surface area contributed by atoms with Crippen LogP contribution in [-0.2, 0) is 14.3 Å². The van der Waals surface area contributed by atoms with Gasteiger partial charge in [0.2, 0.25) is 0 Å². The highest BCUT2D eigenvalue weighted by molar-refractivity contribution is 5.90. The monoisotopic (exact) mass is 237 g/mol. The summed E-state index contributed by atoms with van der Waals surface area (Å²) in [7, 11) is 0. The zero-order valence-corrected chi connectivity index (χ0v) is 10.6. The lowest BCUT2D eigenvalue weighted by Crippen LogP contribution is -2.34. The Morgan fingerprint density at radius 2 is 2.24 bits per heavy atom. The Labute approximate surface area is 102 Å². The van der Waals surface area contributed by atoms with Crippen molar-refractivity contribution in [1.29, 1.82) is 0 Å². The molecule has 0 unspecified atom stereocenters. The molecule has 1 fully saturated rings. The molecule has 1 N–H and O–H groups in total. The van der Waals surface area contributed by atoms with Gasteiger partial charge >= 0.3 is 5.97 Å². The van der Waals surface area contributed by atoms with Gasteiger partial charge in [-0.25, -0.2) is 4.79 Å². The first kappa shape index (κ1) is 12.2. The van der Waals surface area contributed by atoms with E-state index in [9.17, 15) is 4.79 Å². The first-order valence-electron chi connectivity index (χ1n) is 5.95. The second-order valence-electron chi connectivity index (χ2n) is 5.27. The highest BCUT2D eigenvalue weighted by atomic mass is 16.6. The minimum atomic E-state index is -0.460. The van der Waals surface area contributed by atoms with Crippen LogP contribution in [0.2, 0.25) is 0 Å². The smallest absolute Gasteiger partial charge is 0.355 e. The van der Waals surface area contributed by atoms with E-state index >= 15 is 0 Å². The summed E-state index contributed by atoms with van der Waals surface area (Å²) in [6.45, 7) is 7.56. The number of esters is 1. The van der Waals surface area contributed by atoms with Crippen molar-refractivity contribution in [3.63, 3.8) is 0 Å². The number of dihydropyridines is 1. The number of ether oxygens (including phenoxy) is 2. The molecule has 0 aromatic heterocycles. The number of carbonyl (C=O) groups excluding carboxylic acids is 1. The molecule has 0 bridgehead atoms. The molecule has 4 nitrogen and oxygen atoms in total. The summed E-state index contributed by atoms with van der Waals surface area (Å²) in [5, 5.41) is 3.11. The minimum absolute atomic E-state index is 0.264. The van der Waals surface area contributed by atoms with E-state index in [2.05, 4.69) is 11.4 Å². The molecule has 94 valence electrons. The number of rotatable bonds is 1. The third kappa shape index (κ3) is 2.88. The van der Waals surface area contributed by atoms with Gasteiger partial charge in [-0.3, -0.25) is 0 Å². The normalized spacial score (nSPS) is 20.3. The van der Waals surface area contributed by atoms with Gasteiger partial charge in [0.15, 0.2) is 0 Å². The van der Waals surface area contributed by atoms with E-state index in [1.807, 2.05) is 20.8 Å². The first-order chi connectivity index (χ1) is 7.97. The summed E-state index contributed by atoms with van der Waals surface area (Å²) in [5.74, 6) is -0.264. The van der Waals surface area contributed by atoms with E-state index in [1.165, 1.54) is 0 Å². The molecule has 2 aliphatic rings. The molecule has 0 spiro atoms. The van der Waals surface area contributed by atoms with Gasteiger partial charge < -0.3 is 14.8 Å². The predicted molar refractivity (Wildman–Crippen MR) is 64.4 cm³/mol. The van der Waals surface area contributed by atoms with Crippen LogP contribution in [-0.4, -0.2) is 31.3 Å². The summed E-state index contributed by atoms with van der Waals surface area (Å²) >= 11 is 0. The largest absolute Gasteiger partial charge is 0.455 e. The third-order valence-electron chi connectivity index (χ3n) is 2.67. The summed E-state index contributed by atoms with van der Waals surface area (Å²) in [6.07, 6.45) is 2.84. The van der Waals surface area contributed by atoms with Crippen LogP contribution in [0.5, 0.6) is 0 Å². The Morgan fingerprint density at radius 3 is 2.94 bits per heavy atom. The van der Waals surface area contributed by atoms with Crippen LogP contribution in [0.1, 0.15) is 27.2 Å². The van der Waals surface area contributed by atoms with Crippen molar-refractivity contribution in [2.45, 2.75) is 32.8 Å². The van der Waals surface area contributed by atoms with Gasteiger partial charge in [-0.2, -0.15) is 0 Å². The molecular formula is C13H19NO3. The molecule has 2 heterocycles. The predicted octanol–water partition coefficient (Wildman–Crippen LogP) is 1.53. The molecule has 0 radical (unpaired) electrons. The van der Waals surface area contributed by atoms with Gasteiger partial charge in [-0.15, -0.1) is 0 Å². The molecule has 2 aliphatic heterocycles. The lowest BCUT2D eigenvalue weighted by atomic mass is 9.96. The molecule has 0 aromatic rings. The Kier molecular flexibility index (Phi) is 3.24. The quantitative estimate of drug-likeness (QED) is 0.703. The average Bonchev–Trinajstić information content (AvgIpc) is 2.26. The number of carbonyl (C=O) groups is 1. The molecule has 1 saturated heterocycles. The van der Waals surface area contributed by atoms with E-state index in [4.69, 9.17) is 9.47 Å². The van der Waals surface area contributed by atoms with Crippen LogP contribution in [0, 0.1) is 0 Å². The molecule has 4 heteroatoms. The molecule has 0 atom stereocenters. The summed E-state index contributed by atoms with van der Waals surface area (Å²) < 4.78 is 10.8. The summed E-state index contributed by atoms with van der Waals surface area (Å²) in [4.78, 5) is 12.1. The summed E-state index contributed by atoms with van der Waals surface area (Å²) in [6, 6.07) is 0. The maximum atomic E-state index is 12.1. The maximum absolute atomic E-state index is 12.1. The van der Waals surface area contributed by atoms with E-state index in [1.54, 1.807) is 0 Å². The van der Waals surface area contributed by atoms with Crippen LogP contribution in [0.4, 0.5) is 0 Å². The second-order valence-corrected chi connectivity index (χ2v) is 5.27. The van der Waals surface area contributed by atoms with Crippen molar-refractivity contribution in [3.8, 4) is 0 Å². The van der Waals surface area contributed by atoms with Gasteiger partial charge in [-0.05, 0) is 38.3 Å². The Bertz CT molecular complexity index is 388. The van der Waals surface area contributed by atoms with E-state index in [0.29, 0.717) is 25.5 Å². The zero-order chi connectivity index (χ0) is 12.5. The molecular weight excluding hydrogens is 218 g/mol. The van der Waals surface area contributed by atoms with Gasteiger partial charge in [0.05, 0.1) is 13.2 Å². The molecule has 0 amide bonds. The van der Waals surface area contributed by atoms with E-state index in [0.717, 1.165) is 17.6 Å². The fourth-order valence-electron chi connectivity index (χ4n) is 1.98. The first-order valence-corrected chi connectivity index (χ1v) is 5.95. The van der Waals surface area contributed by atoms with Crippen LogP contribution in [0.3, 0.4) is 0 Å². The number of hydrogen-bond donors (Lipinski definition) is 1. The van der Waals surface area contributed by atoms with Crippen LogP contribution >= 0.6 is 0 Å². The fraction of sp³-hybridized carbons (Fsp3) is 0.615. The highest BCUT2D eigenvalue weighted by Crippen LogP contribution is 2.26. The SMILES string of the molecule is CC(C)(C)OC(=O)C1=C2CCOCC2=CCN1. The number of nitrogens with one attached hydrogen (secondary N) is 1. The molecule has 2 rings (SSSR count). The Hall–Kier alpha value is -1.29. The standard InChI is InChI=1S/C13H19NO3/c1-13(2,3)17-12(15)11-10-5-7-16-8-9(10)4-6-14-11/h4,14H,5-8H2,1-3H3. The molecule has 0 aromatic carbocycles. The van der Waals surface area contributed by atoms with Crippen molar-refractivity contribution < 1.29 is 14.3 Å². The number of fused-ring (bicyclic) bond motifs is 1. The van der Waals surface area contributed by atoms with Crippen molar-refractivity contribution in [3.05, 3.63) is 22.9 Å². The van der Waals surface area contributed by atoms with Crippen molar-refractivity contribution in [1.82, 2.24) is 5.32 Å². The lowest BCUT2D eigenvalue weighted by molar-refractivity contribution is -0.150. The van der Waals surface area contributed by atoms with Crippen molar-refractivity contribution in [2.24, 2.45) is 0 Å². The van der Waals surface area contributed by atoms with Gasteiger partial charge in [0, 0.05) is 6.54 Å². The van der Waals surface area contributed by atoms with Gasteiger partial charge in [0.1, 0.15) is 11.3 Å². The van der Waals surface area contributed by atoms with E-state index in [-0.39, 0.29) is 5.97 Å². The molecule has 0 aliphatic carbocycles. The molecule has 17 heavy (non-hydrogen) atoms. The highest BCUT2D eigenvalue weighted by Gasteiger charge is 2.27. The van der Waals surface area contributed by atoms with E-state index < -0.39 is 5.60 Å². The van der Waals surface area contributed by atoms with Crippen LogP contribution in [0.25, 0.3) is 0 Å². The topological polar surface area (TPSA) is 47.6 Å². The third-order valence-corrected chi connectivity index (χ3v) is 2.67. The second kappa shape index (κ2) is 4.53. The average molecular weight is 237 g/mol. The van der Waals surface area contributed by atoms with Gasteiger partial charge in [-0.1, -0.05) is 6.08 Å². The Morgan fingerprint density at radius 1 is 1.47 bits per heavy atom. The zero-order valence-electron chi connectivity index (χ0n) is 10.6. The van der Waals surface area contributed by atoms with Crippen LogP contribution < -0.4 is 5.32 Å². The summed E-state index contributed by atoms with van der Waals surface area (Å²) in [5.41, 5.74) is 2.33. The minimum Gasteiger partial charge on any atom is -0.455 e. The number of hydrogen-bond acceptors (Lipinski definition) is 4. The molecule has 0 saturated carbocycles. The lowest BCUT2D eigenvalue weighted by Gasteiger charge is -2.28. The van der Waals surface area contributed by atoms with Crippen molar-refractivity contribution >= 4 is 5.97 Å².